The Kier molecular flexibility index (Phi) is 14.1. The summed E-state index contributed by atoms with van der Waals surface area (Å²) < 4.78 is 24.1. The molecule has 0 heterocycles. The van der Waals surface area contributed by atoms with Crippen LogP contribution in [-0.2, 0) is 89.5 Å². The van der Waals surface area contributed by atoms with Crippen molar-refractivity contribution >= 4 is 23.9 Å². The first-order chi connectivity index (χ1) is 31.9. The lowest BCUT2D eigenvalue weighted by molar-refractivity contribution is -0.177. The molecule has 4 aromatic rings. The number of hydrogen-bond donors (Lipinski definition) is 2. The number of rotatable bonds is 14. The number of benzene rings is 4. The van der Waals surface area contributed by atoms with Crippen LogP contribution in [0.4, 0.5) is 0 Å². The van der Waals surface area contributed by atoms with Crippen molar-refractivity contribution in [1.82, 2.24) is 0 Å². The molecule has 10 heteroatoms. The van der Waals surface area contributed by atoms with Gasteiger partial charge in [0, 0.05) is 51.4 Å². The topological polar surface area (TPSA) is 146 Å². The zero-order valence-corrected chi connectivity index (χ0v) is 41.9. The molecule has 4 aliphatic carbocycles. The van der Waals surface area contributed by atoms with E-state index in [0.29, 0.717) is 51.4 Å². The maximum atomic E-state index is 13.5. The third-order valence-corrected chi connectivity index (χ3v) is 15.2. The van der Waals surface area contributed by atoms with Gasteiger partial charge in [-0.3, -0.25) is 19.2 Å². The molecule has 0 saturated carbocycles. The van der Waals surface area contributed by atoms with Crippen LogP contribution < -0.4 is 0 Å². The molecule has 364 valence electrons. The predicted octanol–water partition coefficient (Wildman–Crippen LogP) is 10.7. The molecule has 10 nitrogen and oxygen atoms in total. The van der Waals surface area contributed by atoms with Crippen molar-refractivity contribution in [2.75, 3.05) is 0 Å². The molecule has 8 rings (SSSR count). The number of aromatic hydroxyl groups is 2. The Morgan fingerprint density at radius 2 is 0.824 bits per heavy atom. The first kappa shape index (κ1) is 50.2. The summed E-state index contributed by atoms with van der Waals surface area (Å²) in [5.41, 5.74) is 4.74. The van der Waals surface area contributed by atoms with E-state index in [1.54, 1.807) is 24.3 Å². The van der Waals surface area contributed by atoms with E-state index < -0.39 is 32.9 Å². The number of ether oxygens (including phenoxy) is 4. The molecule has 0 fully saturated rings. The van der Waals surface area contributed by atoms with Crippen molar-refractivity contribution in [2.45, 2.75) is 170 Å². The van der Waals surface area contributed by atoms with Crippen LogP contribution in [0.3, 0.4) is 0 Å². The quantitative estimate of drug-likeness (QED) is 0.0926. The minimum absolute atomic E-state index is 0.213. The summed E-state index contributed by atoms with van der Waals surface area (Å²) in [6, 6.07) is 27.0. The van der Waals surface area contributed by atoms with Gasteiger partial charge < -0.3 is 29.2 Å². The van der Waals surface area contributed by atoms with Crippen LogP contribution in [0.5, 0.6) is 11.5 Å². The number of hydrogen-bond acceptors (Lipinski definition) is 10. The van der Waals surface area contributed by atoms with E-state index in [9.17, 15) is 29.4 Å². The fourth-order valence-electron chi connectivity index (χ4n) is 11.1. The molecular weight excluding hydrogens is 857 g/mol. The molecule has 4 unspecified atom stereocenters. The first-order valence-electron chi connectivity index (χ1n) is 24.5. The van der Waals surface area contributed by atoms with Crippen molar-refractivity contribution in [1.29, 1.82) is 0 Å². The lowest BCUT2D eigenvalue weighted by atomic mass is 9.72. The van der Waals surface area contributed by atoms with Crippen molar-refractivity contribution in [3.05, 3.63) is 129 Å². The van der Waals surface area contributed by atoms with Crippen molar-refractivity contribution in [2.24, 2.45) is 21.7 Å². The monoisotopic (exact) mass is 929 g/mol. The number of phenols is 2. The van der Waals surface area contributed by atoms with Crippen LogP contribution in [-0.4, -0.2) is 57.5 Å². The molecule has 0 spiro atoms. The molecule has 0 amide bonds. The zero-order valence-electron chi connectivity index (χ0n) is 41.9. The molecule has 0 radical (unpaired) electrons. The van der Waals surface area contributed by atoms with E-state index in [1.807, 2.05) is 106 Å². The van der Waals surface area contributed by atoms with E-state index in [2.05, 4.69) is 24.3 Å². The third kappa shape index (κ3) is 11.1. The van der Waals surface area contributed by atoms with Crippen LogP contribution in [0.1, 0.15) is 139 Å². The highest BCUT2D eigenvalue weighted by atomic mass is 16.6. The fourth-order valence-corrected chi connectivity index (χ4v) is 11.1. The molecule has 0 saturated heterocycles. The van der Waals surface area contributed by atoms with Gasteiger partial charge in [-0.2, -0.15) is 0 Å². The fraction of sp³-hybridized carbons (Fsp3) is 0.517. The van der Waals surface area contributed by atoms with E-state index in [-0.39, 0.29) is 47.6 Å². The predicted molar refractivity (Wildman–Crippen MR) is 261 cm³/mol. The summed E-state index contributed by atoms with van der Waals surface area (Å²) in [5.74, 6) is -0.690. The van der Waals surface area contributed by atoms with Crippen molar-refractivity contribution < 1.29 is 48.3 Å². The largest absolute Gasteiger partial charge is 0.508 e. The minimum atomic E-state index is -0.870. The Labute approximate surface area is 403 Å². The second-order valence-electron chi connectivity index (χ2n) is 22.7. The lowest BCUT2D eigenvalue weighted by Gasteiger charge is -2.38. The number of phenolic OH excluding ortho intramolecular Hbond substituents is 2. The lowest BCUT2D eigenvalue weighted by Crippen LogP contribution is -2.44. The minimum Gasteiger partial charge on any atom is -0.508 e. The molecule has 2 N–H and O–H groups in total. The van der Waals surface area contributed by atoms with E-state index in [4.69, 9.17) is 18.9 Å². The summed E-state index contributed by atoms with van der Waals surface area (Å²) in [5, 5.41) is 19.4. The van der Waals surface area contributed by atoms with Crippen molar-refractivity contribution in [3.63, 3.8) is 0 Å². The Hall–Kier alpha value is -5.64. The van der Waals surface area contributed by atoms with Gasteiger partial charge >= 0.3 is 23.9 Å². The molecular formula is C58H72O10. The maximum absolute atomic E-state index is 13.5. The van der Waals surface area contributed by atoms with Gasteiger partial charge in [0.15, 0.2) is 0 Å². The summed E-state index contributed by atoms with van der Waals surface area (Å²) in [6.45, 7) is 19.1. The molecule has 4 aromatic carbocycles. The molecule has 0 bridgehead atoms. The average Bonchev–Trinajstić information content (AvgIpc) is 4.03. The maximum Gasteiger partial charge on any atom is 0.312 e. The van der Waals surface area contributed by atoms with E-state index >= 15 is 0 Å². The molecule has 0 aromatic heterocycles. The van der Waals surface area contributed by atoms with E-state index in [0.717, 1.165) is 47.9 Å². The van der Waals surface area contributed by atoms with Crippen LogP contribution >= 0.6 is 0 Å². The molecule has 4 atom stereocenters. The van der Waals surface area contributed by atoms with Crippen molar-refractivity contribution in [3.8, 4) is 11.5 Å². The van der Waals surface area contributed by atoms with Gasteiger partial charge in [-0.05, 0) is 150 Å². The normalized spacial score (nSPS) is 20.2. The standard InChI is InChI=1S/C30H38O4.C28H34O6/c1-7-28(4,26(32)34-30(6)18-23-14-10-11-15-24(23)19-30)20-27(2,3)25(31)33-29(5)16-21-12-8-9-13-22(21)17-29;1-5-28(4,26(32)34-24-13-18-7-9-22(30)11-20(18)15-24)16-27(2,3)25(31)33-23-12-17-6-8-21(29)10-19(17)14-23/h8-15H,7,16-20H2,1-6H3;6-11,23-24,29-30H,5,12-16H2,1-4H3. The highest BCUT2D eigenvalue weighted by Gasteiger charge is 2.49. The van der Waals surface area contributed by atoms with Crippen LogP contribution in [0.2, 0.25) is 0 Å². The summed E-state index contributed by atoms with van der Waals surface area (Å²) >= 11 is 0. The second-order valence-corrected chi connectivity index (χ2v) is 22.7. The van der Waals surface area contributed by atoms with Crippen LogP contribution in [0.15, 0.2) is 84.9 Å². The molecule has 0 aliphatic heterocycles. The average molecular weight is 929 g/mol. The Bertz CT molecular complexity index is 2500. The number of carbonyl (C=O) groups is 4. The van der Waals surface area contributed by atoms with Gasteiger partial charge in [-0.15, -0.1) is 0 Å². The third-order valence-electron chi connectivity index (χ3n) is 15.2. The van der Waals surface area contributed by atoms with Crippen LogP contribution in [0, 0.1) is 21.7 Å². The van der Waals surface area contributed by atoms with Gasteiger partial charge in [0.2, 0.25) is 0 Å². The van der Waals surface area contributed by atoms with Gasteiger partial charge in [0.25, 0.3) is 0 Å². The summed E-state index contributed by atoms with van der Waals surface area (Å²) in [4.78, 5) is 53.2. The Balaban J connectivity index is 0.000000201. The highest BCUT2D eigenvalue weighted by Crippen LogP contribution is 2.44. The Morgan fingerprint density at radius 1 is 0.485 bits per heavy atom. The first-order valence-corrected chi connectivity index (χ1v) is 24.5. The number of carbonyl (C=O) groups excluding carboxylic acids is 4. The van der Waals surface area contributed by atoms with Gasteiger partial charge in [-0.25, -0.2) is 0 Å². The van der Waals surface area contributed by atoms with E-state index in [1.165, 1.54) is 22.3 Å². The van der Waals surface area contributed by atoms with Gasteiger partial charge in [-0.1, -0.05) is 74.5 Å². The highest BCUT2D eigenvalue weighted by molar-refractivity contribution is 5.82. The zero-order chi connectivity index (χ0) is 49.5. The smallest absolute Gasteiger partial charge is 0.312 e. The molecule has 68 heavy (non-hydrogen) atoms. The van der Waals surface area contributed by atoms with Gasteiger partial charge in [0.05, 0.1) is 21.7 Å². The second kappa shape index (κ2) is 19.0. The number of esters is 4. The van der Waals surface area contributed by atoms with Crippen LogP contribution in [0.25, 0.3) is 0 Å². The number of fused-ring (bicyclic) bond motifs is 4. The van der Waals surface area contributed by atoms with Gasteiger partial charge in [0.1, 0.15) is 34.9 Å². The Morgan fingerprint density at radius 3 is 1.22 bits per heavy atom. The summed E-state index contributed by atoms with van der Waals surface area (Å²) in [6.07, 6.45) is 6.59. The summed E-state index contributed by atoms with van der Waals surface area (Å²) in [7, 11) is 0. The SMILES string of the molecule is CCC(C)(CC(C)(C)C(=O)OC1(C)Cc2ccccc2C1)C(=O)OC1(C)Cc2ccccc2C1.CCC(C)(CC(C)(C)C(=O)OC1Cc2ccc(O)cc2C1)C(=O)OC1Cc2ccc(O)cc2C1. The molecule has 4 aliphatic rings.